The first kappa shape index (κ1) is 19.2. The molecule has 0 saturated heterocycles. The van der Waals surface area contributed by atoms with Crippen molar-refractivity contribution in [2.45, 2.75) is 79.3 Å². The Kier molecular flexibility index (Phi) is 6.68. The van der Waals surface area contributed by atoms with Crippen LogP contribution in [0.25, 0.3) is 0 Å². The van der Waals surface area contributed by atoms with Crippen molar-refractivity contribution >= 4 is 13.3 Å². The topological polar surface area (TPSA) is 0 Å². The third kappa shape index (κ3) is 3.47. The molecule has 0 aromatic heterocycles. The quantitative estimate of drug-likeness (QED) is 0.457. The summed E-state index contributed by atoms with van der Waals surface area (Å²) in [6.07, 6.45) is 5.35. The zero-order valence-corrected chi connectivity index (χ0v) is 17.7. The molecular formula is C23H36Si. The average molecular weight is 341 g/mol. The molecule has 0 radical (unpaired) electrons. The van der Waals surface area contributed by atoms with Gasteiger partial charge in [-0.1, -0.05) is 98.3 Å². The van der Waals surface area contributed by atoms with Gasteiger partial charge in [-0.3, -0.25) is 0 Å². The summed E-state index contributed by atoms with van der Waals surface area (Å²) >= 11 is 0. The molecule has 1 heteroatoms. The van der Waals surface area contributed by atoms with E-state index < -0.39 is 8.07 Å². The van der Waals surface area contributed by atoms with Crippen molar-refractivity contribution in [3.63, 3.8) is 0 Å². The van der Waals surface area contributed by atoms with Gasteiger partial charge in [-0.05, 0) is 44.4 Å². The molecule has 0 N–H and O–H groups in total. The fraction of sp³-hybridized carbons (Fsp3) is 0.565. The van der Waals surface area contributed by atoms with Crippen LogP contribution in [0.5, 0.6) is 0 Å². The van der Waals surface area contributed by atoms with Gasteiger partial charge in [-0.15, -0.1) is 0 Å². The minimum absolute atomic E-state index is 0.644. The summed E-state index contributed by atoms with van der Waals surface area (Å²) in [4.78, 5) is 0. The lowest BCUT2D eigenvalue weighted by Crippen LogP contribution is -2.51. The third-order valence-corrected chi connectivity index (χ3v) is 12.1. The summed E-state index contributed by atoms with van der Waals surface area (Å²) in [5.74, 6) is 0.644. The average Bonchev–Trinajstić information content (AvgIpc) is 2.80. The highest BCUT2D eigenvalue weighted by Crippen LogP contribution is 2.45. The number of hydrogen-bond donors (Lipinski definition) is 0. The summed E-state index contributed by atoms with van der Waals surface area (Å²) in [5.41, 5.74) is 4.81. The largest absolute Gasteiger partial charge is 0.114 e. The predicted octanol–water partition coefficient (Wildman–Crippen LogP) is 6.78. The van der Waals surface area contributed by atoms with Crippen LogP contribution >= 0.6 is 0 Å². The Labute approximate surface area is 151 Å². The fourth-order valence-corrected chi connectivity index (χ4v) is 11.1. The molecule has 0 spiro atoms. The van der Waals surface area contributed by atoms with Crippen LogP contribution in [0.15, 0.2) is 52.2 Å². The Morgan fingerprint density at radius 3 is 1.79 bits per heavy atom. The summed E-state index contributed by atoms with van der Waals surface area (Å²) in [7, 11) is -1.65. The first-order valence-corrected chi connectivity index (χ1v) is 12.4. The molecule has 1 aromatic rings. The normalized spacial score (nSPS) is 18.7. The van der Waals surface area contributed by atoms with Crippen LogP contribution in [0.4, 0.5) is 0 Å². The van der Waals surface area contributed by atoms with E-state index in [1.54, 1.807) is 21.9 Å². The van der Waals surface area contributed by atoms with Crippen molar-refractivity contribution in [1.82, 2.24) is 0 Å². The van der Waals surface area contributed by atoms with Crippen LogP contribution < -0.4 is 5.19 Å². The van der Waals surface area contributed by atoms with Gasteiger partial charge in [0, 0.05) is 0 Å². The monoisotopic (exact) mass is 340 g/mol. The van der Waals surface area contributed by atoms with Crippen molar-refractivity contribution in [2.24, 2.45) is 5.92 Å². The van der Waals surface area contributed by atoms with Crippen molar-refractivity contribution < 1.29 is 0 Å². The van der Waals surface area contributed by atoms with E-state index in [4.69, 9.17) is 0 Å². The van der Waals surface area contributed by atoms with E-state index in [-0.39, 0.29) is 0 Å². The molecule has 0 heterocycles. The standard InChI is InChI=1S/C23H36Si/c1-7-9-16-24(17-10-8-2,22-14-12-11-13-15-22)23-20(5)18(3)19(4)21(23)6/h11-15,20H,7-10,16-17H2,1-6H3. The molecule has 0 saturated carbocycles. The van der Waals surface area contributed by atoms with Crippen LogP contribution in [0, 0.1) is 5.92 Å². The van der Waals surface area contributed by atoms with E-state index in [0.717, 1.165) is 0 Å². The van der Waals surface area contributed by atoms with Gasteiger partial charge in [0.05, 0.1) is 0 Å². The highest BCUT2D eigenvalue weighted by Gasteiger charge is 2.43. The van der Waals surface area contributed by atoms with Gasteiger partial charge in [0.25, 0.3) is 0 Å². The van der Waals surface area contributed by atoms with E-state index in [1.807, 2.05) is 5.20 Å². The number of benzene rings is 1. The maximum atomic E-state index is 2.47. The van der Waals surface area contributed by atoms with E-state index in [0.29, 0.717) is 5.92 Å². The van der Waals surface area contributed by atoms with Crippen LogP contribution in [0.2, 0.25) is 12.1 Å². The number of hydrogen-bond acceptors (Lipinski definition) is 0. The predicted molar refractivity (Wildman–Crippen MR) is 111 cm³/mol. The molecule has 1 unspecified atom stereocenters. The van der Waals surface area contributed by atoms with Crippen molar-refractivity contribution in [3.8, 4) is 0 Å². The Hall–Kier alpha value is -1.08. The molecular weight excluding hydrogens is 304 g/mol. The molecule has 1 aromatic carbocycles. The molecule has 2 rings (SSSR count). The van der Waals surface area contributed by atoms with E-state index in [2.05, 4.69) is 71.9 Å². The lowest BCUT2D eigenvalue weighted by atomic mass is 10.1. The minimum Gasteiger partial charge on any atom is -0.0657 e. The first-order chi connectivity index (χ1) is 11.5. The summed E-state index contributed by atoms with van der Waals surface area (Å²) < 4.78 is 0. The molecule has 24 heavy (non-hydrogen) atoms. The smallest absolute Gasteiger partial charge is 0.0657 e. The zero-order chi connectivity index (χ0) is 17.7. The van der Waals surface area contributed by atoms with Crippen LogP contribution in [-0.4, -0.2) is 8.07 Å². The van der Waals surface area contributed by atoms with Gasteiger partial charge >= 0.3 is 0 Å². The maximum Gasteiger partial charge on any atom is 0.114 e. The second-order valence-corrected chi connectivity index (χ2v) is 12.0. The van der Waals surface area contributed by atoms with Gasteiger partial charge in [-0.25, -0.2) is 0 Å². The van der Waals surface area contributed by atoms with Gasteiger partial charge < -0.3 is 0 Å². The van der Waals surface area contributed by atoms with Crippen molar-refractivity contribution in [3.05, 3.63) is 52.2 Å². The number of unbranched alkanes of at least 4 members (excludes halogenated alkanes) is 2. The molecule has 1 atom stereocenters. The summed E-state index contributed by atoms with van der Waals surface area (Å²) in [5, 5.41) is 3.53. The molecule has 0 nitrogen and oxygen atoms in total. The third-order valence-electron chi connectivity index (χ3n) is 6.40. The van der Waals surface area contributed by atoms with Gasteiger partial charge in [0.15, 0.2) is 0 Å². The van der Waals surface area contributed by atoms with Crippen LogP contribution in [0.1, 0.15) is 67.2 Å². The van der Waals surface area contributed by atoms with Crippen molar-refractivity contribution in [1.29, 1.82) is 0 Å². The highest BCUT2D eigenvalue weighted by molar-refractivity contribution is 6.98. The second kappa shape index (κ2) is 8.34. The lowest BCUT2D eigenvalue weighted by Gasteiger charge is -2.38. The number of allylic oxidation sites excluding steroid dienone is 4. The molecule has 0 fully saturated rings. The lowest BCUT2D eigenvalue weighted by molar-refractivity contribution is 0.803. The van der Waals surface area contributed by atoms with Gasteiger partial charge in [0.1, 0.15) is 8.07 Å². The fourth-order valence-electron chi connectivity index (χ4n) is 4.69. The Balaban J connectivity index is 2.61. The van der Waals surface area contributed by atoms with E-state index in [9.17, 15) is 0 Å². The molecule has 0 amide bonds. The van der Waals surface area contributed by atoms with Gasteiger partial charge in [-0.2, -0.15) is 0 Å². The molecule has 132 valence electrons. The molecule has 1 aliphatic carbocycles. The van der Waals surface area contributed by atoms with E-state index >= 15 is 0 Å². The van der Waals surface area contributed by atoms with Gasteiger partial charge in [0.2, 0.25) is 0 Å². The Morgan fingerprint density at radius 1 is 0.833 bits per heavy atom. The minimum atomic E-state index is -1.65. The SMILES string of the molecule is CCCC[Si](CCCC)(C1=C(C)C(C)=C(C)C1C)c1ccccc1. The number of rotatable bonds is 8. The van der Waals surface area contributed by atoms with Crippen LogP contribution in [-0.2, 0) is 0 Å². The molecule has 1 aliphatic rings. The maximum absolute atomic E-state index is 2.47. The second-order valence-electron chi connectivity index (χ2n) is 7.72. The zero-order valence-electron chi connectivity index (χ0n) is 16.7. The first-order valence-electron chi connectivity index (χ1n) is 9.94. The molecule has 0 bridgehead atoms. The summed E-state index contributed by atoms with van der Waals surface area (Å²) in [6, 6.07) is 14.4. The Morgan fingerprint density at radius 2 is 1.38 bits per heavy atom. The van der Waals surface area contributed by atoms with E-state index in [1.165, 1.54) is 37.8 Å². The summed E-state index contributed by atoms with van der Waals surface area (Å²) in [6.45, 7) is 14.3. The van der Waals surface area contributed by atoms with Crippen molar-refractivity contribution in [2.75, 3.05) is 0 Å². The highest BCUT2D eigenvalue weighted by atomic mass is 28.3. The van der Waals surface area contributed by atoms with Crippen LogP contribution in [0.3, 0.4) is 0 Å². The Bertz CT molecular complexity index is 598. The molecule has 0 aliphatic heterocycles.